The van der Waals surface area contributed by atoms with E-state index in [1.807, 2.05) is 6.08 Å². The van der Waals surface area contributed by atoms with Crippen molar-refractivity contribution in [2.75, 3.05) is 33.3 Å². The number of non-ortho nitro benzene ring substituents is 1. The molecule has 168 valence electrons. The Bertz CT molecular complexity index is 774. The van der Waals surface area contributed by atoms with Crippen LogP contribution in [0.1, 0.15) is 38.5 Å². The second-order valence-corrected chi connectivity index (χ2v) is 9.64. The lowest BCUT2D eigenvalue weighted by Gasteiger charge is -2.28. The second kappa shape index (κ2) is 12.1. The first kappa shape index (κ1) is 24.5. The molecule has 8 nitrogen and oxygen atoms in total. The summed E-state index contributed by atoms with van der Waals surface area (Å²) >= 11 is 0. The number of unbranched alkanes of at least 4 members (excludes halogenated alkanes) is 1. The largest absolute Gasteiger partial charge is 0.378 e. The lowest BCUT2D eigenvalue weighted by molar-refractivity contribution is -0.384. The van der Waals surface area contributed by atoms with Crippen molar-refractivity contribution < 1.29 is 18.1 Å². The van der Waals surface area contributed by atoms with E-state index < -0.39 is 14.9 Å². The highest BCUT2D eigenvalue weighted by Crippen LogP contribution is 2.26. The van der Waals surface area contributed by atoms with E-state index in [1.54, 1.807) is 0 Å². The predicted octanol–water partition coefficient (Wildman–Crippen LogP) is 3.35. The standard InChI is InChI=1S/C21H33N3O5S/c1-3-14-23(2)15-4-5-16-29-20-10-6-18(7-11-20)17-22-30(27,28)21-12-8-19(9-13-21)24(25)26/h3,8-9,12-13,18,20,22H,1,4-7,10-11,14-17H2,2H3. The number of nitro groups is 1. The van der Waals surface area contributed by atoms with E-state index in [-0.39, 0.29) is 22.6 Å². The lowest BCUT2D eigenvalue weighted by atomic mass is 9.87. The Hall–Kier alpha value is -1.81. The first-order chi connectivity index (χ1) is 14.3. The third-order valence-electron chi connectivity index (χ3n) is 5.44. The van der Waals surface area contributed by atoms with Gasteiger partial charge in [0.1, 0.15) is 0 Å². The molecule has 0 heterocycles. The fourth-order valence-electron chi connectivity index (χ4n) is 3.61. The molecule has 1 aliphatic rings. The summed E-state index contributed by atoms with van der Waals surface area (Å²) in [5.41, 5.74) is -0.129. The van der Waals surface area contributed by atoms with Crippen molar-refractivity contribution in [3.8, 4) is 0 Å². The van der Waals surface area contributed by atoms with Gasteiger partial charge in [0, 0.05) is 31.8 Å². The molecule has 0 unspecified atom stereocenters. The van der Waals surface area contributed by atoms with Crippen LogP contribution in [0.5, 0.6) is 0 Å². The predicted molar refractivity (Wildman–Crippen MR) is 117 cm³/mol. The van der Waals surface area contributed by atoms with Crippen LogP contribution >= 0.6 is 0 Å². The van der Waals surface area contributed by atoms with Gasteiger partial charge >= 0.3 is 0 Å². The third-order valence-corrected chi connectivity index (χ3v) is 6.88. The van der Waals surface area contributed by atoms with Gasteiger partial charge in [0.2, 0.25) is 10.0 Å². The smallest absolute Gasteiger partial charge is 0.269 e. The molecule has 2 rings (SSSR count). The van der Waals surface area contributed by atoms with Crippen LogP contribution in [0.25, 0.3) is 0 Å². The summed E-state index contributed by atoms with van der Waals surface area (Å²) in [6.45, 7) is 6.82. The van der Waals surface area contributed by atoms with Crippen molar-refractivity contribution in [1.82, 2.24) is 9.62 Å². The molecule has 0 aliphatic heterocycles. The number of nitrogens with zero attached hydrogens (tertiary/aromatic N) is 2. The molecule has 30 heavy (non-hydrogen) atoms. The van der Waals surface area contributed by atoms with Gasteiger partial charge in [0.05, 0.1) is 15.9 Å². The fourth-order valence-corrected chi connectivity index (χ4v) is 4.72. The highest BCUT2D eigenvalue weighted by Gasteiger charge is 2.24. The van der Waals surface area contributed by atoms with Gasteiger partial charge in [-0.25, -0.2) is 13.1 Å². The maximum atomic E-state index is 12.4. The summed E-state index contributed by atoms with van der Waals surface area (Å²) < 4.78 is 33.4. The number of ether oxygens (including phenoxy) is 1. The average molecular weight is 440 g/mol. The molecule has 1 aromatic carbocycles. The molecule has 1 N–H and O–H groups in total. The number of nitrogens with one attached hydrogen (secondary N) is 1. The molecule has 0 bridgehead atoms. The fraction of sp³-hybridized carbons (Fsp3) is 0.619. The molecule has 0 saturated heterocycles. The van der Waals surface area contributed by atoms with Gasteiger partial charge < -0.3 is 9.64 Å². The van der Waals surface area contributed by atoms with E-state index in [0.29, 0.717) is 6.54 Å². The van der Waals surface area contributed by atoms with Crippen LogP contribution in [0.4, 0.5) is 5.69 Å². The lowest BCUT2D eigenvalue weighted by Crippen LogP contribution is -2.32. The van der Waals surface area contributed by atoms with E-state index in [0.717, 1.165) is 58.2 Å². The van der Waals surface area contributed by atoms with Crippen molar-refractivity contribution in [3.63, 3.8) is 0 Å². The van der Waals surface area contributed by atoms with Crippen molar-refractivity contribution in [2.24, 2.45) is 5.92 Å². The molecule has 0 aromatic heterocycles. The molecule has 1 aromatic rings. The highest BCUT2D eigenvalue weighted by molar-refractivity contribution is 7.89. The zero-order valence-electron chi connectivity index (χ0n) is 17.7. The van der Waals surface area contributed by atoms with E-state index in [2.05, 4.69) is 23.2 Å². The van der Waals surface area contributed by atoms with Gasteiger partial charge in [-0.3, -0.25) is 10.1 Å². The van der Waals surface area contributed by atoms with Gasteiger partial charge in [-0.15, -0.1) is 6.58 Å². The van der Waals surface area contributed by atoms with Gasteiger partial charge in [0.25, 0.3) is 5.69 Å². The van der Waals surface area contributed by atoms with Gasteiger partial charge in [-0.1, -0.05) is 6.08 Å². The molecular formula is C21H33N3O5S. The van der Waals surface area contributed by atoms with Crippen molar-refractivity contribution in [1.29, 1.82) is 0 Å². The van der Waals surface area contributed by atoms with Crippen molar-refractivity contribution >= 4 is 15.7 Å². The van der Waals surface area contributed by atoms with Gasteiger partial charge in [-0.05, 0) is 70.2 Å². The monoisotopic (exact) mass is 439 g/mol. The van der Waals surface area contributed by atoms with Crippen LogP contribution in [0, 0.1) is 16.0 Å². The Labute approximate surface area is 179 Å². The molecule has 0 atom stereocenters. The summed E-state index contributed by atoms with van der Waals surface area (Å²) in [5.74, 6) is 0.283. The Morgan fingerprint density at radius 2 is 1.90 bits per heavy atom. The zero-order valence-corrected chi connectivity index (χ0v) is 18.5. The Balaban J connectivity index is 1.64. The number of sulfonamides is 1. The number of nitro benzene ring substituents is 1. The van der Waals surface area contributed by atoms with Crippen molar-refractivity contribution in [2.45, 2.75) is 49.5 Å². The summed E-state index contributed by atoms with van der Waals surface area (Å²) in [6.07, 6.45) is 8.05. The SMILES string of the molecule is C=CCN(C)CCCCOC1CCC(CNS(=O)(=O)c2ccc([N+](=O)[O-])cc2)CC1. The number of benzene rings is 1. The Morgan fingerprint density at radius 3 is 2.50 bits per heavy atom. The zero-order chi connectivity index (χ0) is 22.0. The van der Waals surface area contributed by atoms with E-state index >= 15 is 0 Å². The minimum atomic E-state index is -3.66. The number of hydrogen-bond acceptors (Lipinski definition) is 6. The maximum Gasteiger partial charge on any atom is 0.269 e. The van der Waals surface area contributed by atoms with Crippen LogP contribution in [-0.4, -0.2) is 57.6 Å². The van der Waals surface area contributed by atoms with Crippen LogP contribution in [0.15, 0.2) is 41.8 Å². The third kappa shape index (κ3) is 8.14. The quantitative estimate of drug-likeness (QED) is 0.219. The number of hydrogen-bond donors (Lipinski definition) is 1. The van der Waals surface area contributed by atoms with Crippen LogP contribution in [0.3, 0.4) is 0 Å². The van der Waals surface area contributed by atoms with E-state index in [4.69, 9.17) is 4.74 Å². The number of rotatable bonds is 13. The van der Waals surface area contributed by atoms with Crippen molar-refractivity contribution in [3.05, 3.63) is 47.0 Å². The topological polar surface area (TPSA) is 102 Å². The summed E-state index contributed by atoms with van der Waals surface area (Å²) in [6, 6.07) is 4.93. The molecule has 0 radical (unpaired) electrons. The Morgan fingerprint density at radius 1 is 1.23 bits per heavy atom. The Kier molecular flexibility index (Phi) is 9.90. The molecule has 0 spiro atoms. The van der Waals surface area contributed by atoms with E-state index in [9.17, 15) is 18.5 Å². The molecule has 1 saturated carbocycles. The summed E-state index contributed by atoms with van der Waals surface area (Å²) in [4.78, 5) is 12.4. The second-order valence-electron chi connectivity index (χ2n) is 7.87. The van der Waals surface area contributed by atoms with Crippen LogP contribution < -0.4 is 4.72 Å². The molecule has 1 aliphatic carbocycles. The normalized spacial score (nSPS) is 19.7. The van der Waals surface area contributed by atoms with Gasteiger partial charge in [-0.2, -0.15) is 0 Å². The first-order valence-corrected chi connectivity index (χ1v) is 12.0. The minimum absolute atomic E-state index is 0.0452. The van der Waals surface area contributed by atoms with Crippen LogP contribution in [-0.2, 0) is 14.8 Å². The summed E-state index contributed by atoms with van der Waals surface area (Å²) in [7, 11) is -1.58. The molecule has 9 heteroatoms. The number of likely N-dealkylation sites (N-methyl/N-ethyl adjacent to an activating group) is 1. The average Bonchev–Trinajstić information content (AvgIpc) is 2.73. The molecule has 1 fully saturated rings. The first-order valence-electron chi connectivity index (χ1n) is 10.5. The summed E-state index contributed by atoms with van der Waals surface area (Å²) in [5, 5.41) is 10.7. The van der Waals surface area contributed by atoms with Crippen LogP contribution in [0.2, 0.25) is 0 Å². The maximum absolute atomic E-state index is 12.4. The highest BCUT2D eigenvalue weighted by atomic mass is 32.2. The minimum Gasteiger partial charge on any atom is -0.378 e. The van der Waals surface area contributed by atoms with E-state index in [1.165, 1.54) is 24.3 Å². The van der Waals surface area contributed by atoms with Gasteiger partial charge in [0.15, 0.2) is 0 Å². The molecule has 0 amide bonds. The molecular weight excluding hydrogens is 406 g/mol.